The average Bonchev–Trinajstić information content (AvgIpc) is 2.49. The summed E-state index contributed by atoms with van der Waals surface area (Å²) in [4.78, 5) is 1.02. The summed E-state index contributed by atoms with van der Waals surface area (Å²) in [5.74, 6) is 0. The smallest absolute Gasteiger partial charge is 0.314 e. The van der Waals surface area contributed by atoms with Crippen LogP contribution in [0, 0.1) is 6.92 Å². The SMILES string of the molecule is Cc1cccc(S(=O)(=O)NCC(N2CCNCC2)C(F)(F)F)c1Cl. The first kappa shape index (κ1) is 19.5. The van der Waals surface area contributed by atoms with Gasteiger partial charge in [-0.15, -0.1) is 0 Å². The standard InChI is InChI=1S/C14H19ClF3N3O2S/c1-10-3-2-4-11(13(10)15)24(22,23)20-9-12(14(16,17)18)21-7-5-19-6-8-21/h2-4,12,19-20H,5-9H2,1H3. The summed E-state index contributed by atoms with van der Waals surface area (Å²) < 4.78 is 66.6. The normalized spacial score (nSPS) is 18.5. The summed E-state index contributed by atoms with van der Waals surface area (Å²) in [6, 6.07) is 2.51. The maximum absolute atomic E-state index is 13.3. The highest BCUT2D eigenvalue weighted by atomic mass is 35.5. The van der Waals surface area contributed by atoms with E-state index >= 15 is 0 Å². The van der Waals surface area contributed by atoms with Crippen LogP contribution in [0.5, 0.6) is 0 Å². The van der Waals surface area contributed by atoms with Crippen molar-refractivity contribution in [2.24, 2.45) is 0 Å². The first-order valence-corrected chi connectivity index (χ1v) is 9.25. The van der Waals surface area contributed by atoms with Gasteiger partial charge in [0, 0.05) is 32.7 Å². The summed E-state index contributed by atoms with van der Waals surface area (Å²) >= 11 is 5.97. The zero-order chi connectivity index (χ0) is 18.0. The second-order valence-electron chi connectivity index (χ2n) is 5.58. The number of benzene rings is 1. The van der Waals surface area contributed by atoms with Gasteiger partial charge in [-0.25, -0.2) is 13.1 Å². The molecule has 0 saturated carbocycles. The van der Waals surface area contributed by atoms with E-state index in [-0.39, 0.29) is 23.0 Å². The van der Waals surface area contributed by atoms with Crippen molar-refractivity contribution in [1.82, 2.24) is 14.9 Å². The number of hydrogen-bond donors (Lipinski definition) is 2. The molecule has 1 atom stereocenters. The Kier molecular flexibility index (Phi) is 6.14. The molecule has 1 aliphatic rings. The van der Waals surface area contributed by atoms with E-state index in [4.69, 9.17) is 11.6 Å². The Hall–Kier alpha value is -0.870. The molecule has 1 heterocycles. The van der Waals surface area contributed by atoms with Crippen LogP contribution in [0.25, 0.3) is 0 Å². The molecule has 2 N–H and O–H groups in total. The molecule has 1 saturated heterocycles. The lowest BCUT2D eigenvalue weighted by molar-refractivity contribution is -0.182. The van der Waals surface area contributed by atoms with Crippen LogP contribution in [0.2, 0.25) is 5.02 Å². The van der Waals surface area contributed by atoms with Crippen LogP contribution in [0.1, 0.15) is 5.56 Å². The van der Waals surface area contributed by atoms with Crippen molar-refractivity contribution >= 4 is 21.6 Å². The number of piperazine rings is 1. The highest BCUT2D eigenvalue weighted by molar-refractivity contribution is 7.89. The third-order valence-corrected chi connectivity index (χ3v) is 5.96. The molecule has 136 valence electrons. The first-order chi connectivity index (χ1) is 11.1. The van der Waals surface area contributed by atoms with Gasteiger partial charge in [-0.2, -0.15) is 13.2 Å². The topological polar surface area (TPSA) is 61.4 Å². The number of aryl methyl sites for hydroxylation is 1. The highest BCUT2D eigenvalue weighted by Crippen LogP contribution is 2.27. The molecule has 0 radical (unpaired) electrons. The Labute approximate surface area is 144 Å². The van der Waals surface area contributed by atoms with Gasteiger partial charge >= 0.3 is 6.18 Å². The van der Waals surface area contributed by atoms with Gasteiger partial charge in [0.15, 0.2) is 0 Å². The van der Waals surface area contributed by atoms with E-state index in [2.05, 4.69) is 10.0 Å². The largest absolute Gasteiger partial charge is 0.405 e. The molecule has 1 fully saturated rings. The van der Waals surface area contributed by atoms with Crippen molar-refractivity contribution < 1.29 is 21.6 Å². The minimum atomic E-state index is -4.53. The number of alkyl halides is 3. The van der Waals surface area contributed by atoms with Crippen molar-refractivity contribution in [2.45, 2.75) is 24.0 Å². The van der Waals surface area contributed by atoms with Gasteiger partial charge in [0.1, 0.15) is 10.9 Å². The first-order valence-electron chi connectivity index (χ1n) is 7.39. The minimum Gasteiger partial charge on any atom is -0.314 e. The summed E-state index contributed by atoms with van der Waals surface area (Å²) in [5.41, 5.74) is 0.536. The third kappa shape index (κ3) is 4.60. The van der Waals surface area contributed by atoms with Crippen LogP contribution in [-0.2, 0) is 10.0 Å². The molecule has 1 unspecified atom stereocenters. The quantitative estimate of drug-likeness (QED) is 0.811. The van der Waals surface area contributed by atoms with Gasteiger partial charge in [-0.1, -0.05) is 23.7 Å². The third-order valence-electron chi connectivity index (χ3n) is 3.88. The van der Waals surface area contributed by atoms with E-state index in [0.29, 0.717) is 18.7 Å². The predicted molar refractivity (Wildman–Crippen MR) is 85.7 cm³/mol. The van der Waals surface area contributed by atoms with Gasteiger partial charge in [0.05, 0.1) is 5.02 Å². The maximum atomic E-state index is 13.3. The molecule has 10 heteroatoms. The van der Waals surface area contributed by atoms with Crippen LogP contribution in [-0.4, -0.2) is 58.3 Å². The molecule has 1 aromatic rings. The average molecular weight is 386 g/mol. The molecule has 2 rings (SSSR count). The number of hydrogen-bond acceptors (Lipinski definition) is 4. The Morgan fingerprint density at radius 3 is 2.54 bits per heavy atom. The van der Waals surface area contributed by atoms with Crippen LogP contribution in [0.4, 0.5) is 13.2 Å². The molecule has 1 aliphatic heterocycles. The molecule has 0 aliphatic carbocycles. The summed E-state index contributed by atoms with van der Waals surface area (Å²) in [7, 11) is -4.13. The van der Waals surface area contributed by atoms with Crippen LogP contribution in [0.3, 0.4) is 0 Å². The van der Waals surface area contributed by atoms with E-state index in [0.717, 1.165) is 0 Å². The second-order valence-corrected chi connectivity index (χ2v) is 7.70. The number of nitrogens with zero attached hydrogens (tertiary/aromatic N) is 1. The lowest BCUT2D eigenvalue weighted by atomic mass is 10.2. The molecule has 1 aromatic carbocycles. The Balaban J connectivity index is 2.17. The fourth-order valence-corrected chi connectivity index (χ4v) is 4.16. The molecule has 0 aromatic heterocycles. The van der Waals surface area contributed by atoms with Gasteiger partial charge < -0.3 is 5.32 Å². The van der Waals surface area contributed by atoms with Crippen molar-refractivity contribution in [2.75, 3.05) is 32.7 Å². The zero-order valence-corrected chi connectivity index (χ0v) is 14.6. The lowest BCUT2D eigenvalue weighted by Gasteiger charge is -2.35. The monoisotopic (exact) mass is 385 g/mol. The molecule has 5 nitrogen and oxygen atoms in total. The van der Waals surface area contributed by atoms with Gasteiger partial charge in [0.2, 0.25) is 10.0 Å². The molecule has 24 heavy (non-hydrogen) atoms. The Morgan fingerprint density at radius 1 is 1.33 bits per heavy atom. The minimum absolute atomic E-state index is 0.00994. The summed E-state index contributed by atoms with van der Waals surface area (Å²) in [6.07, 6.45) is -4.53. The van der Waals surface area contributed by atoms with E-state index in [9.17, 15) is 21.6 Å². The van der Waals surface area contributed by atoms with E-state index < -0.39 is 28.8 Å². The van der Waals surface area contributed by atoms with Crippen molar-refractivity contribution in [1.29, 1.82) is 0 Å². The van der Waals surface area contributed by atoms with Gasteiger partial charge in [-0.3, -0.25) is 4.90 Å². The van der Waals surface area contributed by atoms with Crippen molar-refractivity contribution in [3.8, 4) is 0 Å². The van der Waals surface area contributed by atoms with Crippen LogP contribution < -0.4 is 10.0 Å². The number of nitrogens with one attached hydrogen (secondary N) is 2. The summed E-state index contributed by atoms with van der Waals surface area (Å²) in [6.45, 7) is 2.15. The van der Waals surface area contributed by atoms with Crippen molar-refractivity contribution in [3.63, 3.8) is 0 Å². The number of halogens is 4. The van der Waals surface area contributed by atoms with E-state index in [1.165, 1.54) is 17.0 Å². The molecular weight excluding hydrogens is 367 g/mol. The molecule has 0 spiro atoms. The second kappa shape index (κ2) is 7.57. The maximum Gasteiger partial charge on any atom is 0.405 e. The Bertz CT molecular complexity index is 676. The van der Waals surface area contributed by atoms with E-state index in [1.54, 1.807) is 13.0 Å². The Morgan fingerprint density at radius 2 is 1.96 bits per heavy atom. The van der Waals surface area contributed by atoms with Gasteiger partial charge in [-0.05, 0) is 18.6 Å². The molecule has 0 amide bonds. The molecular formula is C14H19ClF3N3O2S. The fraction of sp³-hybridized carbons (Fsp3) is 0.571. The number of sulfonamides is 1. The fourth-order valence-electron chi connectivity index (χ4n) is 2.54. The van der Waals surface area contributed by atoms with Gasteiger partial charge in [0.25, 0.3) is 0 Å². The highest BCUT2D eigenvalue weighted by Gasteiger charge is 2.44. The predicted octanol–water partition coefficient (Wildman–Crippen LogP) is 1.76. The lowest BCUT2D eigenvalue weighted by Crippen LogP contribution is -2.57. The van der Waals surface area contributed by atoms with Crippen LogP contribution in [0.15, 0.2) is 23.1 Å². The van der Waals surface area contributed by atoms with E-state index in [1.807, 2.05) is 0 Å². The van der Waals surface area contributed by atoms with Crippen molar-refractivity contribution in [3.05, 3.63) is 28.8 Å². The molecule has 0 bridgehead atoms. The zero-order valence-electron chi connectivity index (χ0n) is 13.0. The van der Waals surface area contributed by atoms with Crippen LogP contribution >= 0.6 is 11.6 Å². The summed E-state index contributed by atoms with van der Waals surface area (Å²) in [5, 5.41) is 2.98. The number of rotatable bonds is 5.